The number of amides is 1. The van der Waals surface area contributed by atoms with Crippen molar-refractivity contribution in [2.45, 2.75) is 43.9 Å². The number of nitrogens with zero attached hydrogens (tertiary/aromatic N) is 2. The van der Waals surface area contributed by atoms with Crippen LogP contribution < -0.4 is 0 Å². The van der Waals surface area contributed by atoms with Crippen LogP contribution in [0.1, 0.15) is 51.9 Å². The van der Waals surface area contributed by atoms with Crippen molar-refractivity contribution in [3.63, 3.8) is 0 Å². The molecule has 1 saturated heterocycles. The molecule has 1 fully saturated rings. The van der Waals surface area contributed by atoms with Crippen LogP contribution in [0.5, 0.6) is 0 Å². The van der Waals surface area contributed by atoms with Gasteiger partial charge in [-0.3, -0.25) is 9.89 Å². The second-order valence-electron chi connectivity index (χ2n) is 9.77. The molecule has 2 aromatic carbocycles. The third kappa shape index (κ3) is 3.78. The predicted molar refractivity (Wildman–Crippen MR) is 128 cm³/mol. The summed E-state index contributed by atoms with van der Waals surface area (Å²) in [5, 5.41) is 19.4. The number of rotatable bonds is 2. The van der Waals surface area contributed by atoms with Gasteiger partial charge in [0.15, 0.2) is 0 Å². The van der Waals surface area contributed by atoms with Gasteiger partial charge in [0, 0.05) is 29.6 Å². The minimum atomic E-state index is -4.48. The van der Waals surface area contributed by atoms with Crippen LogP contribution in [-0.4, -0.2) is 44.2 Å². The third-order valence-corrected chi connectivity index (χ3v) is 7.60. The van der Waals surface area contributed by atoms with Crippen LogP contribution in [-0.2, 0) is 24.6 Å². The van der Waals surface area contributed by atoms with Gasteiger partial charge in [-0.2, -0.15) is 18.3 Å². The molecule has 0 saturated carbocycles. The number of aromatic amines is 2. The van der Waals surface area contributed by atoms with Crippen molar-refractivity contribution in [2.75, 3.05) is 13.1 Å². The summed E-state index contributed by atoms with van der Waals surface area (Å²) in [6, 6.07) is 10.5. The van der Waals surface area contributed by atoms with E-state index in [1.165, 1.54) is 23.3 Å². The Kier molecular flexibility index (Phi) is 5.22. The molecule has 0 unspecified atom stereocenters. The van der Waals surface area contributed by atoms with Crippen molar-refractivity contribution in [2.24, 2.45) is 0 Å². The maximum Gasteiger partial charge on any atom is 0.416 e. The van der Waals surface area contributed by atoms with Crippen LogP contribution in [0.25, 0.3) is 22.3 Å². The van der Waals surface area contributed by atoms with Crippen molar-refractivity contribution in [1.82, 2.24) is 20.1 Å². The number of fused-ring (bicyclic) bond motifs is 5. The first-order valence-corrected chi connectivity index (χ1v) is 12.1. The van der Waals surface area contributed by atoms with Gasteiger partial charge >= 0.3 is 6.18 Å². The largest absolute Gasteiger partial charge is 0.416 e. The van der Waals surface area contributed by atoms with E-state index in [1.54, 1.807) is 11.0 Å². The normalized spacial score (nSPS) is 17.5. The smallest absolute Gasteiger partial charge is 0.385 e. The van der Waals surface area contributed by atoms with Gasteiger partial charge in [-0.15, -0.1) is 0 Å². The van der Waals surface area contributed by atoms with E-state index >= 15 is 0 Å². The van der Waals surface area contributed by atoms with Gasteiger partial charge < -0.3 is 15.0 Å². The lowest BCUT2D eigenvalue weighted by atomic mass is 9.83. The zero-order valence-electron chi connectivity index (χ0n) is 19.5. The Bertz CT molecular complexity index is 1460. The molecule has 2 aromatic heterocycles. The first kappa shape index (κ1) is 22.8. The Labute approximate surface area is 205 Å². The van der Waals surface area contributed by atoms with Crippen molar-refractivity contribution in [3.8, 4) is 11.4 Å². The van der Waals surface area contributed by atoms with E-state index in [1.807, 2.05) is 18.3 Å². The van der Waals surface area contributed by atoms with Crippen LogP contribution >= 0.6 is 0 Å². The van der Waals surface area contributed by atoms with Crippen molar-refractivity contribution in [1.29, 1.82) is 0 Å². The minimum absolute atomic E-state index is 0.145. The molecule has 36 heavy (non-hydrogen) atoms. The SMILES string of the molecule is O=C(c1ccc2[nH]c3c(c2c1)CCCc1cn[nH]c1-3)N1CCC(O)(c2cccc(C(F)(F)F)c2)CC1. The molecule has 0 spiro atoms. The molecule has 1 aliphatic carbocycles. The van der Waals surface area contributed by atoms with E-state index in [0.29, 0.717) is 5.56 Å². The maximum atomic E-state index is 13.4. The average molecular weight is 495 g/mol. The first-order valence-electron chi connectivity index (χ1n) is 12.1. The number of H-pyrrole nitrogens is 2. The van der Waals surface area contributed by atoms with Gasteiger partial charge in [0.1, 0.15) is 0 Å². The summed E-state index contributed by atoms with van der Waals surface area (Å²) in [6.45, 7) is 0.513. The van der Waals surface area contributed by atoms with E-state index < -0.39 is 17.3 Å². The number of aliphatic hydroxyl groups is 1. The molecule has 3 N–H and O–H groups in total. The van der Waals surface area contributed by atoms with Gasteiger partial charge in [0.2, 0.25) is 0 Å². The summed E-state index contributed by atoms with van der Waals surface area (Å²) in [7, 11) is 0. The van der Waals surface area contributed by atoms with Crippen molar-refractivity contribution < 1.29 is 23.1 Å². The number of nitrogens with one attached hydrogen (secondary N) is 2. The van der Waals surface area contributed by atoms with Crippen LogP contribution in [0.2, 0.25) is 0 Å². The molecule has 1 amide bonds. The van der Waals surface area contributed by atoms with Gasteiger partial charge in [0.25, 0.3) is 5.91 Å². The number of aryl methyl sites for hydroxylation is 2. The fourth-order valence-corrected chi connectivity index (χ4v) is 5.56. The summed E-state index contributed by atoms with van der Waals surface area (Å²) >= 11 is 0. The van der Waals surface area contributed by atoms with Crippen molar-refractivity contribution in [3.05, 3.63) is 76.5 Å². The van der Waals surface area contributed by atoms with Gasteiger partial charge in [0.05, 0.1) is 28.7 Å². The Morgan fingerprint density at radius 2 is 1.86 bits per heavy atom. The summed E-state index contributed by atoms with van der Waals surface area (Å²) in [5.74, 6) is -0.145. The lowest BCUT2D eigenvalue weighted by molar-refractivity contribution is -0.137. The van der Waals surface area contributed by atoms with Gasteiger partial charge in [-0.1, -0.05) is 12.1 Å². The molecule has 6 rings (SSSR count). The first-order chi connectivity index (χ1) is 17.2. The highest BCUT2D eigenvalue weighted by molar-refractivity contribution is 6.00. The standard InChI is InChI=1S/C27H25F3N4O2/c28-27(29,30)19-5-2-4-18(14-19)26(36)9-11-34(12-10-26)25(35)16-7-8-22-21(13-16)20-6-1-3-17-15-31-33-23(17)24(20)32-22/h2,4-5,7-8,13-15,32,36H,1,3,6,9-12H2,(H,31,33). The number of likely N-dealkylation sites (tertiary alicyclic amines) is 1. The fourth-order valence-electron chi connectivity index (χ4n) is 5.56. The molecule has 9 heteroatoms. The second-order valence-corrected chi connectivity index (χ2v) is 9.77. The van der Waals surface area contributed by atoms with Crippen molar-refractivity contribution >= 4 is 16.8 Å². The molecule has 0 radical (unpaired) electrons. The monoisotopic (exact) mass is 494 g/mol. The molecular formula is C27H25F3N4O2. The zero-order valence-corrected chi connectivity index (χ0v) is 19.5. The van der Waals surface area contributed by atoms with Crippen LogP contribution in [0, 0.1) is 0 Å². The quantitative estimate of drug-likeness (QED) is 0.359. The van der Waals surface area contributed by atoms with Crippen LogP contribution in [0.15, 0.2) is 48.7 Å². The molecular weight excluding hydrogens is 469 g/mol. The number of carbonyl (C=O) groups is 1. The Morgan fingerprint density at radius 3 is 2.64 bits per heavy atom. The minimum Gasteiger partial charge on any atom is -0.385 e. The molecule has 0 bridgehead atoms. The zero-order chi connectivity index (χ0) is 25.1. The number of carbonyl (C=O) groups excluding carboxylic acids is 1. The highest BCUT2D eigenvalue weighted by Crippen LogP contribution is 2.38. The molecule has 4 aromatic rings. The summed E-state index contributed by atoms with van der Waals surface area (Å²) < 4.78 is 39.4. The molecule has 186 valence electrons. The van der Waals surface area contributed by atoms with Gasteiger partial charge in [-0.25, -0.2) is 0 Å². The Hall–Kier alpha value is -3.59. The molecule has 1 aliphatic heterocycles. The fraction of sp³-hybridized carbons (Fsp3) is 0.333. The summed E-state index contributed by atoms with van der Waals surface area (Å²) in [4.78, 5) is 18.5. The Balaban J connectivity index is 1.23. The van der Waals surface area contributed by atoms with E-state index in [4.69, 9.17) is 0 Å². The van der Waals surface area contributed by atoms with E-state index in [0.717, 1.165) is 53.7 Å². The highest BCUT2D eigenvalue weighted by atomic mass is 19.4. The number of piperidine rings is 1. The number of aromatic nitrogens is 3. The predicted octanol–water partition coefficient (Wildman–Crippen LogP) is 5.19. The molecule has 3 heterocycles. The van der Waals surface area contributed by atoms with Gasteiger partial charge in [-0.05, 0) is 79.1 Å². The maximum absolute atomic E-state index is 13.4. The molecule has 0 atom stereocenters. The summed E-state index contributed by atoms with van der Waals surface area (Å²) in [5.41, 5.74) is 3.92. The number of halogens is 3. The number of hydrogen-bond donors (Lipinski definition) is 3. The Morgan fingerprint density at radius 1 is 1.06 bits per heavy atom. The number of benzene rings is 2. The topological polar surface area (TPSA) is 85.0 Å². The van der Waals surface area contributed by atoms with Crippen LogP contribution in [0.3, 0.4) is 0 Å². The second kappa shape index (κ2) is 8.23. The lowest BCUT2D eigenvalue weighted by Crippen LogP contribution is -2.45. The summed E-state index contributed by atoms with van der Waals surface area (Å²) in [6.07, 6.45) is 0.555. The van der Waals surface area contributed by atoms with E-state index in [-0.39, 0.29) is 37.4 Å². The highest BCUT2D eigenvalue weighted by Gasteiger charge is 2.38. The number of alkyl halides is 3. The van der Waals surface area contributed by atoms with E-state index in [2.05, 4.69) is 15.2 Å². The third-order valence-electron chi connectivity index (χ3n) is 7.60. The number of hydrogen-bond acceptors (Lipinski definition) is 3. The lowest BCUT2D eigenvalue weighted by Gasteiger charge is -2.38. The van der Waals surface area contributed by atoms with Crippen LogP contribution in [0.4, 0.5) is 13.2 Å². The van der Waals surface area contributed by atoms with E-state index in [9.17, 15) is 23.1 Å². The molecule has 2 aliphatic rings. The molecule has 6 nitrogen and oxygen atoms in total. The average Bonchev–Trinajstić information content (AvgIpc) is 3.44.